The minimum atomic E-state index is -2.83. The zero-order chi connectivity index (χ0) is 32.2. The Kier molecular flexibility index (Phi) is 3.74. The number of hydrogen-bond acceptors (Lipinski definition) is 3. The van der Waals surface area contributed by atoms with Crippen LogP contribution < -0.4 is 39.5 Å². The minimum absolute atomic E-state index is 0.282. The Morgan fingerprint density at radius 3 is 2.30 bits per heavy atom. The number of rotatable bonds is 0. The van der Waals surface area contributed by atoms with E-state index in [1.807, 2.05) is 6.20 Å². The van der Waals surface area contributed by atoms with Crippen LogP contribution >= 0.6 is 0 Å². The largest absolute Gasteiger partial charge is 0.444 e. The van der Waals surface area contributed by atoms with Crippen LogP contribution in [0.2, 0.25) is 0 Å². The SMILES string of the molecule is Cn1c2[n+](c3ncncc31)[N+]13c4c(cccc4-2)Oc2ccc4c(c21)-n1c2c(cccc2c2ccc[n+]3c21)[Si]41c2ccccc2-c2ccccc21. The van der Waals surface area contributed by atoms with E-state index in [4.69, 9.17) is 9.72 Å². The van der Waals surface area contributed by atoms with Gasteiger partial charge in [-0.05, 0) is 67.3 Å². The standard InChI is InChI=1S/C41H24N7OSi/c1-44-28-21-42-22-43-39(28)47-40(44)27-12-6-14-29-37(27)48(47)38-30(49-29)18-19-34-36(38)46-35-25(26-13-8-20-45(48)41(26)46)11-7-17-33(35)50(34)31-15-4-2-9-23(31)24-10-3-5-16-32(24)50/h2-22H,1H3/q+3. The van der Waals surface area contributed by atoms with Gasteiger partial charge in [-0.15, -0.1) is 0 Å². The predicted octanol–water partition coefficient (Wildman–Crippen LogP) is 4.28. The molecule has 0 fully saturated rings. The average Bonchev–Trinajstić information content (AvgIpc) is 3.86. The first kappa shape index (κ1) is 24.7. The minimum Gasteiger partial charge on any atom is -0.444 e. The number of hydrogen-bond donors (Lipinski definition) is 0. The summed E-state index contributed by atoms with van der Waals surface area (Å²) in [7, 11) is -0.707. The normalized spacial score (nSPS) is 18.1. The zero-order valence-electron chi connectivity index (χ0n) is 26.7. The molecule has 230 valence electrons. The lowest BCUT2D eigenvalue weighted by Crippen LogP contribution is -2.85. The van der Waals surface area contributed by atoms with E-state index >= 15 is 0 Å². The summed E-state index contributed by atoms with van der Waals surface area (Å²) in [6.45, 7) is 0. The molecule has 0 saturated heterocycles. The van der Waals surface area contributed by atoms with Crippen molar-refractivity contribution in [2.75, 3.05) is 0 Å². The van der Waals surface area contributed by atoms with Crippen molar-refractivity contribution in [3.63, 3.8) is 0 Å². The van der Waals surface area contributed by atoms with Crippen molar-refractivity contribution in [1.29, 1.82) is 0 Å². The first-order valence-corrected chi connectivity index (χ1v) is 19.0. The lowest BCUT2D eigenvalue weighted by Gasteiger charge is -2.40. The first-order valence-electron chi connectivity index (χ1n) is 17.0. The highest BCUT2D eigenvalue weighted by Gasteiger charge is 2.70. The second kappa shape index (κ2) is 7.57. The van der Waals surface area contributed by atoms with Crippen LogP contribution in [0.25, 0.3) is 61.3 Å². The molecule has 5 aromatic carbocycles. The number of pyridine rings is 1. The molecular formula is C41H24N7OSi+3. The third-order valence-corrected chi connectivity index (χ3v) is 17.2. The van der Waals surface area contributed by atoms with Gasteiger partial charge >= 0.3 is 22.8 Å². The molecule has 2 spiro atoms. The van der Waals surface area contributed by atoms with Gasteiger partial charge in [0.15, 0.2) is 26.3 Å². The fourth-order valence-corrected chi connectivity index (χ4v) is 16.3. The first-order chi connectivity index (χ1) is 24.8. The zero-order valence-corrected chi connectivity index (χ0v) is 27.7. The fourth-order valence-electron chi connectivity index (χ4n) is 10.7. The maximum absolute atomic E-state index is 7.05. The van der Waals surface area contributed by atoms with Crippen molar-refractivity contribution in [3.8, 4) is 39.7 Å². The lowest BCUT2D eigenvalue weighted by molar-refractivity contribution is -1.01. The van der Waals surface area contributed by atoms with Gasteiger partial charge in [-0.25, -0.2) is 9.55 Å². The molecule has 14 rings (SSSR count). The van der Waals surface area contributed by atoms with Crippen LogP contribution in [-0.2, 0) is 7.05 Å². The molecule has 1 unspecified atom stereocenters. The van der Waals surface area contributed by atoms with E-state index in [2.05, 4.69) is 146 Å². The second-order valence-electron chi connectivity index (χ2n) is 14.1. The summed E-state index contributed by atoms with van der Waals surface area (Å²) in [4.78, 5) is 9.50. The topological polar surface area (TPSA) is 52.6 Å². The Hall–Kier alpha value is -6.42. The van der Waals surface area contributed by atoms with E-state index < -0.39 is 8.07 Å². The number of quaternary nitrogens is 1. The highest BCUT2D eigenvalue weighted by atomic mass is 28.3. The van der Waals surface area contributed by atoms with E-state index in [1.54, 1.807) is 6.33 Å². The van der Waals surface area contributed by atoms with Gasteiger partial charge in [-0.2, -0.15) is 4.57 Å². The van der Waals surface area contributed by atoms with Gasteiger partial charge in [0, 0.05) is 15.8 Å². The van der Waals surface area contributed by atoms with Crippen LogP contribution in [0.5, 0.6) is 11.5 Å². The molecule has 0 N–H and O–H groups in total. The predicted molar refractivity (Wildman–Crippen MR) is 194 cm³/mol. The number of aryl methyl sites for hydroxylation is 1. The van der Waals surface area contributed by atoms with Crippen LogP contribution in [0.3, 0.4) is 0 Å². The highest BCUT2D eigenvalue weighted by Crippen LogP contribution is 2.60. The maximum atomic E-state index is 7.05. The summed E-state index contributed by atoms with van der Waals surface area (Å²) < 4.78 is 17.0. The summed E-state index contributed by atoms with van der Waals surface area (Å²) in [6, 6.07) is 41.0. The molecule has 0 aliphatic carbocycles. The van der Waals surface area contributed by atoms with Crippen LogP contribution in [-0.4, -0.2) is 27.2 Å². The number of aromatic nitrogens is 6. The number of benzene rings is 5. The van der Waals surface area contributed by atoms with E-state index in [1.165, 1.54) is 59.5 Å². The number of nitrogens with zero attached hydrogens (tertiary/aromatic N) is 7. The van der Waals surface area contributed by atoms with Crippen molar-refractivity contribution in [2.45, 2.75) is 0 Å². The van der Waals surface area contributed by atoms with Gasteiger partial charge < -0.3 is 4.74 Å². The van der Waals surface area contributed by atoms with E-state index in [0.29, 0.717) is 0 Å². The van der Waals surface area contributed by atoms with Gasteiger partial charge in [0.2, 0.25) is 17.0 Å². The van der Waals surface area contributed by atoms with Crippen LogP contribution in [0.1, 0.15) is 0 Å². The molecule has 8 nitrogen and oxygen atoms in total. The summed E-state index contributed by atoms with van der Waals surface area (Å²) in [6.07, 6.45) is 5.86. The molecule has 4 aromatic heterocycles. The third-order valence-electron chi connectivity index (χ3n) is 12.2. The molecule has 0 bridgehead atoms. The summed E-state index contributed by atoms with van der Waals surface area (Å²) in [5.41, 5.74) is 11.6. The average molecular weight is 659 g/mol. The molecule has 50 heavy (non-hydrogen) atoms. The molecule has 5 aliphatic rings. The molecule has 0 saturated carbocycles. The third kappa shape index (κ3) is 2.17. The molecular weight excluding hydrogens is 635 g/mol. The molecule has 0 radical (unpaired) electrons. The van der Waals surface area contributed by atoms with Crippen molar-refractivity contribution < 1.29 is 14.1 Å². The van der Waals surface area contributed by atoms with E-state index in [9.17, 15) is 0 Å². The Morgan fingerprint density at radius 1 is 0.700 bits per heavy atom. The molecule has 5 aliphatic heterocycles. The van der Waals surface area contributed by atoms with Crippen LogP contribution in [0.4, 0.5) is 11.4 Å². The van der Waals surface area contributed by atoms with E-state index in [0.717, 1.165) is 45.4 Å². The molecule has 9 heterocycles. The van der Waals surface area contributed by atoms with Crippen LogP contribution in [0, 0.1) is 0 Å². The Bertz CT molecular complexity index is 3130. The van der Waals surface area contributed by atoms with Gasteiger partial charge in [0.1, 0.15) is 11.1 Å². The van der Waals surface area contributed by atoms with Crippen molar-refractivity contribution in [2.24, 2.45) is 7.05 Å². The Labute approximate surface area is 285 Å². The van der Waals surface area contributed by atoms with E-state index in [-0.39, 0.29) is 4.70 Å². The van der Waals surface area contributed by atoms with Crippen molar-refractivity contribution in [1.82, 2.24) is 23.8 Å². The highest BCUT2D eigenvalue weighted by molar-refractivity contribution is 7.23. The Balaban J connectivity index is 1.32. The monoisotopic (exact) mass is 658 g/mol. The van der Waals surface area contributed by atoms with Gasteiger partial charge in [-0.1, -0.05) is 77.8 Å². The number of fused-ring (bicyclic) bond motifs is 12. The molecule has 9 aromatic rings. The van der Waals surface area contributed by atoms with Gasteiger partial charge in [0.05, 0.1) is 23.3 Å². The summed E-state index contributed by atoms with van der Waals surface area (Å²) in [5, 5.41) is 8.27. The summed E-state index contributed by atoms with van der Waals surface area (Å²) >= 11 is 0. The van der Waals surface area contributed by atoms with Crippen molar-refractivity contribution >= 4 is 73.3 Å². The second-order valence-corrected chi connectivity index (χ2v) is 17.7. The smallest absolute Gasteiger partial charge is 0.361 e. The Morgan fingerprint density at radius 2 is 1.44 bits per heavy atom. The quantitative estimate of drug-likeness (QED) is 0.139. The molecule has 0 amide bonds. The van der Waals surface area contributed by atoms with Gasteiger partial charge in [-0.3, -0.25) is 0 Å². The van der Waals surface area contributed by atoms with Crippen molar-refractivity contribution in [3.05, 3.63) is 128 Å². The molecule has 9 heteroatoms. The summed E-state index contributed by atoms with van der Waals surface area (Å²) in [5.74, 6) is 2.79. The lowest BCUT2D eigenvalue weighted by atomic mass is 10.1. The molecule has 1 atom stereocenters. The number of para-hydroxylation sites is 2. The van der Waals surface area contributed by atoms with Crippen LogP contribution in [0.15, 0.2) is 128 Å². The van der Waals surface area contributed by atoms with Gasteiger partial charge in [0.25, 0.3) is 5.69 Å². The maximum Gasteiger partial charge on any atom is 0.361 e. The number of ether oxygens (including phenoxy) is 1. The fraction of sp³-hybridized carbons (Fsp3) is 0.0244. The number of imidazole rings is 1.